The average Bonchev–Trinajstić information content (AvgIpc) is 2.54. The topological polar surface area (TPSA) is 21.3 Å². The van der Waals surface area contributed by atoms with E-state index in [2.05, 4.69) is 19.2 Å². The van der Waals surface area contributed by atoms with Crippen LogP contribution >= 0.6 is 11.8 Å². The quantitative estimate of drug-likeness (QED) is 0.695. The van der Waals surface area contributed by atoms with E-state index in [1.54, 1.807) is 0 Å². The Kier molecular flexibility index (Phi) is 2.86. The first kappa shape index (κ1) is 9.81. The number of hydrogen-bond acceptors (Lipinski definition) is 3. The highest BCUT2D eigenvalue weighted by molar-refractivity contribution is 7.99. The molecule has 2 saturated heterocycles. The molecule has 0 radical (unpaired) electrons. The number of ether oxygens (including phenoxy) is 1. The van der Waals surface area contributed by atoms with E-state index >= 15 is 0 Å². The van der Waals surface area contributed by atoms with E-state index in [0.29, 0.717) is 12.0 Å². The van der Waals surface area contributed by atoms with Crippen molar-refractivity contribution >= 4 is 11.8 Å². The van der Waals surface area contributed by atoms with Crippen LogP contribution in [0.5, 0.6) is 0 Å². The number of thioether (sulfide) groups is 1. The Morgan fingerprint density at radius 1 is 1.54 bits per heavy atom. The van der Waals surface area contributed by atoms with Gasteiger partial charge in [-0.2, -0.15) is 11.8 Å². The van der Waals surface area contributed by atoms with Crippen molar-refractivity contribution in [1.29, 1.82) is 0 Å². The van der Waals surface area contributed by atoms with Crippen LogP contribution in [0.4, 0.5) is 0 Å². The first-order chi connectivity index (χ1) is 6.25. The fraction of sp³-hybridized carbons (Fsp3) is 1.00. The van der Waals surface area contributed by atoms with Crippen molar-refractivity contribution in [3.63, 3.8) is 0 Å². The fourth-order valence-electron chi connectivity index (χ4n) is 2.51. The zero-order chi connectivity index (χ0) is 9.31. The lowest BCUT2D eigenvalue weighted by Crippen LogP contribution is -2.60. The summed E-state index contributed by atoms with van der Waals surface area (Å²) < 4.78 is 6.02. The van der Waals surface area contributed by atoms with Crippen molar-refractivity contribution in [2.24, 2.45) is 5.92 Å². The number of hydrogen-bond donors (Lipinski definition) is 1. The highest BCUT2D eigenvalue weighted by Gasteiger charge is 2.45. The summed E-state index contributed by atoms with van der Waals surface area (Å²) in [5.41, 5.74) is 0.164. The van der Waals surface area contributed by atoms with Crippen LogP contribution in [-0.4, -0.2) is 36.3 Å². The van der Waals surface area contributed by atoms with Gasteiger partial charge in [0.25, 0.3) is 0 Å². The van der Waals surface area contributed by atoms with Crippen LogP contribution in [0.2, 0.25) is 0 Å². The van der Waals surface area contributed by atoms with Gasteiger partial charge in [-0.1, -0.05) is 13.8 Å². The molecule has 76 valence electrons. The summed E-state index contributed by atoms with van der Waals surface area (Å²) in [7, 11) is 0. The van der Waals surface area contributed by atoms with Gasteiger partial charge in [0, 0.05) is 18.3 Å². The van der Waals surface area contributed by atoms with Gasteiger partial charge in [-0.3, -0.25) is 0 Å². The minimum atomic E-state index is 0.164. The first-order valence-electron chi connectivity index (χ1n) is 5.20. The van der Waals surface area contributed by atoms with Crippen LogP contribution in [0.25, 0.3) is 0 Å². The molecule has 0 aromatic carbocycles. The molecule has 3 heteroatoms. The van der Waals surface area contributed by atoms with Crippen molar-refractivity contribution in [2.45, 2.75) is 31.9 Å². The van der Waals surface area contributed by atoms with Crippen molar-refractivity contribution in [2.75, 3.05) is 24.7 Å². The van der Waals surface area contributed by atoms with Crippen molar-refractivity contribution < 1.29 is 4.74 Å². The average molecular weight is 201 g/mol. The Bertz CT molecular complexity index is 178. The maximum atomic E-state index is 6.02. The molecular weight excluding hydrogens is 182 g/mol. The summed E-state index contributed by atoms with van der Waals surface area (Å²) in [6, 6.07) is 0.566. The lowest BCUT2D eigenvalue weighted by atomic mass is 9.84. The normalized spacial score (nSPS) is 40.4. The van der Waals surface area contributed by atoms with Gasteiger partial charge in [0.15, 0.2) is 0 Å². The van der Waals surface area contributed by atoms with E-state index in [0.717, 1.165) is 13.2 Å². The number of morpholine rings is 1. The SMILES string of the molecule is CC(C)C1NCCOC12CCSC2. The van der Waals surface area contributed by atoms with Crippen LogP contribution in [0.3, 0.4) is 0 Å². The number of rotatable bonds is 1. The predicted molar refractivity (Wildman–Crippen MR) is 57.3 cm³/mol. The molecule has 1 N–H and O–H groups in total. The van der Waals surface area contributed by atoms with Gasteiger partial charge < -0.3 is 10.1 Å². The molecule has 2 heterocycles. The molecule has 13 heavy (non-hydrogen) atoms. The molecule has 2 aliphatic heterocycles. The molecular formula is C10H19NOS. The highest BCUT2D eigenvalue weighted by atomic mass is 32.2. The van der Waals surface area contributed by atoms with Gasteiger partial charge in [0.2, 0.25) is 0 Å². The van der Waals surface area contributed by atoms with E-state index in [9.17, 15) is 0 Å². The molecule has 0 saturated carbocycles. The standard InChI is InChI=1S/C10H19NOS/c1-8(2)9-10(3-6-13-7-10)12-5-4-11-9/h8-9,11H,3-7H2,1-2H3. The zero-order valence-electron chi connectivity index (χ0n) is 8.51. The second-order valence-electron chi connectivity index (χ2n) is 4.39. The van der Waals surface area contributed by atoms with Crippen LogP contribution in [0.15, 0.2) is 0 Å². The fourth-order valence-corrected chi connectivity index (χ4v) is 3.90. The summed E-state index contributed by atoms with van der Waals surface area (Å²) >= 11 is 2.04. The smallest absolute Gasteiger partial charge is 0.0935 e. The molecule has 2 aliphatic rings. The van der Waals surface area contributed by atoms with Gasteiger partial charge >= 0.3 is 0 Å². The summed E-state index contributed by atoms with van der Waals surface area (Å²) in [6.45, 7) is 6.49. The number of nitrogens with one attached hydrogen (secondary N) is 1. The van der Waals surface area contributed by atoms with E-state index in [4.69, 9.17) is 4.74 Å². The molecule has 0 bridgehead atoms. The third-order valence-corrected chi connectivity index (χ3v) is 4.29. The molecule has 2 atom stereocenters. The second kappa shape index (κ2) is 3.79. The third kappa shape index (κ3) is 1.74. The summed E-state index contributed by atoms with van der Waals surface area (Å²) in [6.07, 6.45) is 1.23. The summed E-state index contributed by atoms with van der Waals surface area (Å²) in [4.78, 5) is 0. The molecule has 0 amide bonds. The van der Waals surface area contributed by atoms with Crippen LogP contribution in [-0.2, 0) is 4.74 Å². The lowest BCUT2D eigenvalue weighted by molar-refractivity contribution is -0.0892. The van der Waals surface area contributed by atoms with E-state index < -0.39 is 0 Å². The van der Waals surface area contributed by atoms with Crippen molar-refractivity contribution in [3.8, 4) is 0 Å². The Labute approximate surface area is 84.8 Å². The Balaban J connectivity index is 2.12. The van der Waals surface area contributed by atoms with Gasteiger partial charge in [0.05, 0.1) is 12.2 Å². The second-order valence-corrected chi connectivity index (χ2v) is 5.50. The van der Waals surface area contributed by atoms with Gasteiger partial charge in [0.1, 0.15) is 0 Å². The maximum Gasteiger partial charge on any atom is 0.0935 e. The van der Waals surface area contributed by atoms with Crippen LogP contribution in [0.1, 0.15) is 20.3 Å². The monoisotopic (exact) mass is 201 g/mol. The van der Waals surface area contributed by atoms with E-state index in [1.807, 2.05) is 11.8 Å². The molecule has 1 spiro atoms. The van der Waals surface area contributed by atoms with Crippen LogP contribution in [0, 0.1) is 5.92 Å². The lowest BCUT2D eigenvalue weighted by Gasteiger charge is -2.43. The molecule has 2 nitrogen and oxygen atoms in total. The Morgan fingerprint density at radius 2 is 2.38 bits per heavy atom. The van der Waals surface area contributed by atoms with Crippen LogP contribution < -0.4 is 5.32 Å². The van der Waals surface area contributed by atoms with Crippen molar-refractivity contribution in [3.05, 3.63) is 0 Å². The first-order valence-corrected chi connectivity index (χ1v) is 6.35. The van der Waals surface area contributed by atoms with E-state index in [1.165, 1.54) is 17.9 Å². The largest absolute Gasteiger partial charge is 0.371 e. The molecule has 2 unspecified atom stereocenters. The third-order valence-electron chi connectivity index (χ3n) is 3.11. The molecule has 0 aromatic heterocycles. The van der Waals surface area contributed by atoms with Crippen molar-refractivity contribution in [1.82, 2.24) is 5.32 Å². The van der Waals surface area contributed by atoms with Gasteiger partial charge in [-0.25, -0.2) is 0 Å². The molecule has 0 aromatic rings. The molecule has 2 rings (SSSR count). The van der Waals surface area contributed by atoms with Gasteiger partial charge in [-0.15, -0.1) is 0 Å². The maximum absolute atomic E-state index is 6.02. The van der Waals surface area contributed by atoms with Gasteiger partial charge in [-0.05, 0) is 18.1 Å². The molecule has 0 aliphatic carbocycles. The predicted octanol–water partition coefficient (Wildman–Crippen LogP) is 1.51. The zero-order valence-corrected chi connectivity index (χ0v) is 9.32. The highest BCUT2D eigenvalue weighted by Crippen LogP contribution is 2.38. The van der Waals surface area contributed by atoms with E-state index in [-0.39, 0.29) is 5.60 Å². The Hall–Kier alpha value is 0.270. The summed E-state index contributed by atoms with van der Waals surface area (Å²) in [5, 5.41) is 3.61. The molecule has 2 fully saturated rings. The minimum absolute atomic E-state index is 0.164. The minimum Gasteiger partial charge on any atom is -0.371 e. The summed E-state index contributed by atoms with van der Waals surface area (Å²) in [5.74, 6) is 3.13. The Morgan fingerprint density at radius 3 is 3.00 bits per heavy atom.